The zero-order chi connectivity index (χ0) is 18.8. The number of ether oxygens (including phenoxy) is 1. The third kappa shape index (κ3) is 17.8. The highest BCUT2D eigenvalue weighted by atomic mass is 16.5. The molecule has 3 heteroatoms. The van der Waals surface area contributed by atoms with Crippen LogP contribution in [0.1, 0.15) is 110 Å². The second-order valence-corrected chi connectivity index (χ2v) is 7.39. The van der Waals surface area contributed by atoms with Crippen LogP contribution in [-0.4, -0.2) is 23.8 Å². The number of hydrogen-bond donors (Lipinski definition) is 1. The Morgan fingerprint density at radius 1 is 0.840 bits per heavy atom. The first-order valence-electron chi connectivity index (χ1n) is 10.6. The van der Waals surface area contributed by atoms with E-state index in [-0.39, 0.29) is 12.1 Å². The summed E-state index contributed by atoms with van der Waals surface area (Å²) in [4.78, 5) is 11.2. The van der Waals surface area contributed by atoms with E-state index < -0.39 is 0 Å². The smallest absolute Gasteiger partial charge is 0.333 e. The normalized spacial score (nSPS) is 12.1. The zero-order valence-corrected chi connectivity index (χ0v) is 16.9. The topological polar surface area (TPSA) is 46.5 Å². The molecule has 0 radical (unpaired) electrons. The van der Waals surface area contributed by atoms with Crippen LogP contribution in [0.4, 0.5) is 0 Å². The molecule has 0 aliphatic heterocycles. The van der Waals surface area contributed by atoms with Crippen LogP contribution < -0.4 is 0 Å². The predicted molar refractivity (Wildman–Crippen MR) is 107 cm³/mol. The van der Waals surface area contributed by atoms with E-state index in [2.05, 4.69) is 13.5 Å². The SMILES string of the molecule is C=C(C)C(=O)OCCCCCCCC(O)CCCCCCCCCC. The van der Waals surface area contributed by atoms with Gasteiger partial charge in [0.25, 0.3) is 0 Å². The lowest BCUT2D eigenvalue weighted by Gasteiger charge is -2.10. The Labute approximate surface area is 156 Å². The molecule has 3 nitrogen and oxygen atoms in total. The number of aliphatic hydroxyl groups excluding tert-OH is 1. The van der Waals surface area contributed by atoms with E-state index in [1.165, 1.54) is 51.4 Å². The highest BCUT2D eigenvalue weighted by molar-refractivity contribution is 5.86. The molecule has 0 aliphatic carbocycles. The molecule has 1 atom stereocenters. The largest absolute Gasteiger partial charge is 0.462 e. The fourth-order valence-corrected chi connectivity index (χ4v) is 2.96. The van der Waals surface area contributed by atoms with E-state index >= 15 is 0 Å². The Hall–Kier alpha value is -0.830. The fraction of sp³-hybridized carbons (Fsp3) is 0.864. The first kappa shape index (κ1) is 24.2. The van der Waals surface area contributed by atoms with Crippen LogP contribution in [0.3, 0.4) is 0 Å². The first-order chi connectivity index (χ1) is 12.1. The van der Waals surface area contributed by atoms with E-state index in [0.717, 1.165) is 44.9 Å². The summed E-state index contributed by atoms with van der Waals surface area (Å²) in [7, 11) is 0. The number of carbonyl (C=O) groups is 1. The third-order valence-corrected chi connectivity index (χ3v) is 4.65. The zero-order valence-electron chi connectivity index (χ0n) is 16.9. The molecule has 0 spiro atoms. The Kier molecular flexibility index (Phi) is 17.4. The van der Waals surface area contributed by atoms with Gasteiger partial charge in [-0.2, -0.15) is 0 Å². The monoisotopic (exact) mass is 354 g/mol. The van der Waals surface area contributed by atoms with E-state index in [9.17, 15) is 9.90 Å². The van der Waals surface area contributed by atoms with E-state index in [1.807, 2.05) is 0 Å². The summed E-state index contributed by atoms with van der Waals surface area (Å²) in [6, 6.07) is 0. The van der Waals surface area contributed by atoms with Crippen molar-refractivity contribution in [3.63, 3.8) is 0 Å². The number of hydrogen-bond acceptors (Lipinski definition) is 3. The van der Waals surface area contributed by atoms with Gasteiger partial charge < -0.3 is 9.84 Å². The van der Waals surface area contributed by atoms with Crippen LogP contribution in [-0.2, 0) is 9.53 Å². The first-order valence-corrected chi connectivity index (χ1v) is 10.6. The third-order valence-electron chi connectivity index (χ3n) is 4.65. The van der Waals surface area contributed by atoms with E-state index in [1.54, 1.807) is 6.92 Å². The number of unbranched alkanes of at least 4 members (excludes halogenated alkanes) is 11. The molecule has 0 rings (SSSR count). The Morgan fingerprint density at radius 2 is 1.28 bits per heavy atom. The molecular formula is C22H42O3. The summed E-state index contributed by atoms with van der Waals surface area (Å²) in [5.41, 5.74) is 0.463. The van der Waals surface area contributed by atoms with Gasteiger partial charge in [0.05, 0.1) is 12.7 Å². The minimum atomic E-state index is -0.288. The molecule has 0 amide bonds. The molecule has 148 valence electrons. The molecule has 0 heterocycles. The van der Waals surface area contributed by atoms with Gasteiger partial charge in [-0.15, -0.1) is 0 Å². The van der Waals surface area contributed by atoms with Crippen molar-refractivity contribution in [2.45, 2.75) is 116 Å². The van der Waals surface area contributed by atoms with Gasteiger partial charge in [-0.25, -0.2) is 4.79 Å². The van der Waals surface area contributed by atoms with Crippen LogP contribution in [0, 0.1) is 0 Å². The van der Waals surface area contributed by atoms with Gasteiger partial charge in [0.15, 0.2) is 0 Å². The van der Waals surface area contributed by atoms with Crippen LogP contribution in [0.25, 0.3) is 0 Å². The summed E-state index contributed by atoms with van der Waals surface area (Å²) >= 11 is 0. The lowest BCUT2D eigenvalue weighted by Crippen LogP contribution is -2.06. The summed E-state index contributed by atoms with van der Waals surface area (Å²) in [5.74, 6) is -0.288. The molecule has 0 aromatic rings. The second kappa shape index (κ2) is 18.0. The number of rotatable bonds is 18. The van der Waals surface area contributed by atoms with Crippen LogP contribution >= 0.6 is 0 Å². The quantitative estimate of drug-likeness (QED) is 0.177. The highest BCUT2D eigenvalue weighted by Crippen LogP contribution is 2.14. The molecule has 1 unspecified atom stereocenters. The predicted octanol–water partition coefficient (Wildman–Crippen LogP) is 6.34. The lowest BCUT2D eigenvalue weighted by molar-refractivity contribution is -0.139. The van der Waals surface area contributed by atoms with Crippen LogP contribution in [0.2, 0.25) is 0 Å². The molecule has 1 N–H and O–H groups in total. The summed E-state index contributed by atoms with van der Waals surface area (Å²) < 4.78 is 5.06. The standard InChI is InChI=1S/C22H42O3/c1-4-5-6-7-8-9-11-14-17-21(23)18-15-12-10-13-16-19-25-22(24)20(2)3/h21,23H,2,4-19H2,1,3H3. The lowest BCUT2D eigenvalue weighted by atomic mass is 10.0. The maximum Gasteiger partial charge on any atom is 0.333 e. The van der Waals surface area contributed by atoms with Crippen molar-refractivity contribution in [1.29, 1.82) is 0 Å². The molecule has 0 fully saturated rings. The van der Waals surface area contributed by atoms with Gasteiger partial charge in [0.1, 0.15) is 0 Å². The Bertz CT molecular complexity index is 325. The highest BCUT2D eigenvalue weighted by Gasteiger charge is 2.04. The maximum absolute atomic E-state index is 11.2. The molecular weight excluding hydrogens is 312 g/mol. The average Bonchev–Trinajstić information content (AvgIpc) is 2.59. The number of carbonyl (C=O) groups excluding carboxylic acids is 1. The van der Waals surface area contributed by atoms with Gasteiger partial charge in [-0.05, 0) is 26.2 Å². The summed E-state index contributed by atoms with van der Waals surface area (Å²) in [6.07, 6.45) is 17.8. The Balaban J connectivity index is 3.24. The minimum Gasteiger partial charge on any atom is -0.462 e. The van der Waals surface area contributed by atoms with Crippen LogP contribution in [0.5, 0.6) is 0 Å². The maximum atomic E-state index is 11.2. The molecule has 0 saturated carbocycles. The number of aliphatic hydroxyl groups is 1. The molecule has 25 heavy (non-hydrogen) atoms. The van der Waals surface area contributed by atoms with Crippen molar-refractivity contribution in [3.8, 4) is 0 Å². The van der Waals surface area contributed by atoms with Crippen LogP contribution in [0.15, 0.2) is 12.2 Å². The average molecular weight is 355 g/mol. The van der Waals surface area contributed by atoms with Gasteiger partial charge in [-0.1, -0.05) is 90.6 Å². The molecule has 0 aromatic heterocycles. The molecule has 0 aliphatic rings. The summed E-state index contributed by atoms with van der Waals surface area (Å²) in [5, 5.41) is 10.0. The molecule has 0 bridgehead atoms. The van der Waals surface area contributed by atoms with Gasteiger partial charge >= 0.3 is 5.97 Å². The van der Waals surface area contributed by atoms with Crippen molar-refractivity contribution >= 4 is 5.97 Å². The van der Waals surface area contributed by atoms with Gasteiger partial charge in [-0.3, -0.25) is 0 Å². The minimum absolute atomic E-state index is 0.114. The van der Waals surface area contributed by atoms with Gasteiger partial charge in [0, 0.05) is 5.57 Å². The molecule has 0 aromatic carbocycles. The van der Waals surface area contributed by atoms with E-state index in [4.69, 9.17) is 4.74 Å². The molecule has 0 saturated heterocycles. The van der Waals surface area contributed by atoms with Crippen molar-refractivity contribution < 1.29 is 14.6 Å². The second-order valence-electron chi connectivity index (χ2n) is 7.39. The van der Waals surface area contributed by atoms with Gasteiger partial charge in [0.2, 0.25) is 0 Å². The number of esters is 1. The Morgan fingerprint density at radius 3 is 1.76 bits per heavy atom. The fourth-order valence-electron chi connectivity index (χ4n) is 2.96. The van der Waals surface area contributed by atoms with Crippen molar-refractivity contribution in [2.75, 3.05) is 6.61 Å². The summed E-state index contributed by atoms with van der Waals surface area (Å²) in [6.45, 7) is 7.97. The van der Waals surface area contributed by atoms with E-state index in [0.29, 0.717) is 12.2 Å². The van der Waals surface area contributed by atoms with Crippen molar-refractivity contribution in [2.24, 2.45) is 0 Å². The van der Waals surface area contributed by atoms with Crippen molar-refractivity contribution in [1.82, 2.24) is 0 Å². The van der Waals surface area contributed by atoms with Crippen molar-refractivity contribution in [3.05, 3.63) is 12.2 Å².